The van der Waals surface area contributed by atoms with Crippen LogP contribution in [-0.4, -0.2) is 14.2 Å². The van der Waals surface area contributed by atoms with Crippen LogP contribution >= 0.6 is 12.4 Å². The number of hydrogen-bond donors (Lipinski definition) is 1. The monoisotopic (exact) mass is 365 g/mol. The molecule has 1 atom stereocenters. The van der Waals surface area contributed by atoms with E-state index in [2.05, 4.69) is 20.8 Å². The van der Waals surface area contributed by atoms with Gasteiger partial charge in [0.05, 0.1) is 14.2 Å². The lowest BCUT2D eigenvalue weighted by atomic mass is 9.82. The maximum Gasteiger partial charge on any atom is 0.164 e. The van der Waals surface area contributed by atoms with Gasteiger partial charge < -0.3 is 19.9 Å². The fraction of sp³-hybridized carbons (Fsp3) is 0.400. The predicted octanol–water partition coefficient (Wildman–Crippen LogP) is 4.75. The van der Waals surface area contributed by atoms with Crippen molar-refractivity contribution in [3.05, 3.63) is 53.6 Å². The molecule has 0 radical (unpaired) electrons. The summed E-state index contributed by atoms with van der Waals surface area (Å²) in [6.45, 7) is 6.79. The van der Waals surface area contributed by atoms with Crippen molar-refractivity contribution in [2.45, 2.75) is 33.4 Å². The van der Waals surface area contributed by atoms with Gasteiger partial charge in [-0.1, -0.05) is 51.1 Å². The minimum atomic E-state index is -0.192. The first-order valence-electron chi connectivity index (χ1n) is 8.05. The highest BCUT2D eigenvalue weighted by Crippen LogP contribution is 2.42. The van der Waals surface area contributed by atoms with Crippen molar-refractivity contribution in [3.8, 4) is 17.2 Å². The SMILES string of the molecule is COc1cc(OCc2ccccc2)c([C@H](N)C(C)(C)C)cc1OC.Cl. The lowest BCUT2D eigenvalue weighted by molar-refractivity contribution is 0.275. The number of ether oxygens (including phenoxy) is 3. The molecule has 0 spiro atoms. The van der Waals surface area contributed by atoms with Gasteiger partial charge in [0.15, 0.2) is 11.5 Å². The van der Waals surface area contributed by atoms with Crippen LogP contribution in [0.1, 0.15) is 37.9 Å². The molecule has 2 rings (SSSR count). The first kappa shape index (κ1) is 21.1. The van der Waals surface area contributed by atoms with Crippen LogP contribution in [0, 0.1) is 5.41 Å². The number of rotatable bonds is 6. The Morgan fingerprint density at radius 3 is 2.00 bits per heavy atom. The van der Waals surface area contributed by atoms with Gasteiger partial charge >= 0.3 is 0 Å². The Bertz CT molecular complexity index is 669. The lowest BCUT2D eigenvalue weighted by Gasteiger charge is -2.29. The quantitative estimate of drug-likeness (QED) is 0.802. The van der Waals surface area contributed by atoms with E-state index in [0.717, 1.165) is 16.9 Å². The molecular weight excluding hydrogens is 338 g/mol. The highest BCUT2D eigenvalue weighted by molar-refractivity contribution is 5.85. The van der Waals surface area contributed by atoms with Gasteiger partial charge in [-0.05, 0) is 17.0 Å². The van der Waals surface area contributed by atoms with E-state index in [4.69, 9.17) is 19.9 Å². The van der Waals surface area contributed by atoms with Gasteiger partial charge in [-0.2, -0.15) is 0 Å². The van der Waals surface area contributed by atoms with Crippen LogP contribution < -0.4 is 19.9 Å². The third kappa shape index (κ3) is 5.28. The number of hydrogen-bond acceptors (Lipinski definition) is 4. The Hall–Kier alpha value is -1.91. The summed E-state index contributed by atoms with van der Waals surface area (Å²) >= 11 is 0. The maximum absolute atomic E-state index is 6.48. The van der Waals surface area contributed by atoms with Crippen molar-refractivity contribution in [1.29, 1.82) is 0 Å². The van der Waals surface area contributed by atoms with Gasteiger partial charge in [-0.25, -0.2) is 0 Å². The summed E-state index contributed by atoms with van der Waals surface area (Å²) in [5, 5.41) is 0. The van der Waals surface area contributed by atoms with E-state index in [1.54, 1.807) is 14.2 Å². The molecule has 0 amide bonds. The average molecular weight is 366 g/mol. The normalized spacial score (nSPS) is 12.1. The number of benzene rings is 2. The smallest absolute Gasteiger partial charge is 0.164 e. The van der Waals surface area contributed by atoms with Crippen LogP contribution in [0.2, 0.25) is 0 Å². The zero-order valence-corrected chi connectivity index (χ0v) is 16.4. The van der Waals surface area contributed by atoms with Crippen molar-refractivity contribution in [2.24, 2.45) is 11.1 Å². The summed E-state index contributed by atoms with van der Waals surface area (Å²) in [4.78, 5) is 0. The van der Waals surface area contributed by atoms with Crippen LogP contribution in [0.25, 0.3) is 0 Å². The molecule has 0 aliphatic rings. The highest BCUT2D eigenvalue weighted by atomic mass is 35.5. The van der Waals surface area contributed by atoms with E-state index in [1.165, 1.54) is 0 Å². The van der Waals surface area contributed by atoms with E-state index in [0.29, 0.717) is 18.1 Å². The molecule has 0 aliphatic heterocycles. The first-order valence-corrected chi connectivity index (χ1v) is 8.05. The Balaban J connectivity index is 0.00000312. The van der Waals surface area contributed by atoms with E-state index in [-0.39, 0.29) is 23.9 Å². The second-order valence-electron chi connectivity index (χ2n) is 6.86. The van der Waals surface area contributed by atoms with Crippen molar-refractivity contribution in [3.63, 3.8) is 0 Å². The van der Waals surface area contributed by atoms with Crippen LogP contribution in [0.5, 0.6) is 17.2 Å². The lowest BCUT2D eigenvalue weighted by Crippen LogP contribution is -2.27. The molecular formula is C20H28ClNO3. The summed E-state index contributed by atoms with van der Waals surface area (Å²) in [6.07, 6.45) is 0. The molecule has 0 saturated heterocycles. The second-order valence-corrected chi connectivity index (χ2v) is 6.86. The minimum absolute atomic E-state index is 0. The molecule has 0 bridgehead atoms. The summed E-state index contributed by atoms with van der Waals surface area (Å²) < 4.78 is 16.9. The summed E-state index contributed by atoms with van der Waals surface area (Å²) in [7, 11) is 3.23. The van der Waals surface area contributed by atoms with E-state index in [9.17, 15) is 0 Å². The largest absolute Gasteiger partial charge is 0.493 e. The van der Waals surface area contributed by atoms with E-state index >= 15 is 0 Å². The first-order chi connectivity index (χ1) is 11.4. The molecule has 2 aromatic carbocycles. The maximum atomic E-state index is 6.48. The zero-order valence-electron chi connectivity index (χ0n) is 15.5. The zero-order chi connectivity index (χ0) is 17.7. The Morgan fingerprint density at radius 2 is 1.48 bits per heavy atom. The molecule has 2 aromatic rings. The summed E-state index contributed by atoms with van der Waals surface area (Å²) in [5.74, 6) is 2.00. The molecule has 0 heterocycles. The van der Waals surface area contributed by atoms with Crippen molar-refractivity contribution in [2.75, 3.05) is 14.2 Å². The fourth-order valence-corrected chi connectivity index (χ4v) is 2.45. The van der Waals surface area contributed by atoms with Crippen molar-refractivity contribution >= 4 is 12.4 Å². The predicted molar refractivity (Wildman–Crippen MR) is 104 cm³/mol. The molecule has 0 aliphatic carbocycles. The van der Waals surface area contributed by atoms with Gasteiger partial charge in [-0.15, -0.1) is 12.4 Å². The summed E-state index contributed by atoms with van der Waals surface area (Å²) in [6, 6.07) is 13.6. The molecule has 0 fully saturated rings. The van der Waals surface area contributed by atoms with Gasteiger partial charge in [0.2, 0.25) is 0 Å². The Morgan fingerprint density at radius 1 is 0.920 bits per heavy atom. The molecule has 4 nitrogen and oxygen atoms in total. The third-order valence-electron chi connectivity index (χ3n) is 4.02. The van der Waals surface area contributed by atoms with Crippen LogP contribution in [0.3, 0.4) is 0 Å². The van der Waals surface area contributed by atoms with Gasteiger partial charge in [0.1, 0.15) is 12.4 Å². The number of halogens is 1. The Kier molecular flexibility index (Phi) is 7.59. The van der Waals surface area contributed by atoms with Crippen LogP contribution in [0.4, 0.5) is 0 Å². The number of nitrogens with two attached hydrogens (primary N) is 1. The Labute approximate surface area is 156 Å². The minimum Gasteiger partial charge on any atom is -0.493 e. The van der Waals surface area contributed by atoms with E-state index in [1.807, 2.05) is 42.5 Å². The number of methoxy groups -OCH3 is 2. The standard InChI is InChI=1S/C20H27NO3.ClH/c1-20(2,3)19(21)15-11-17(22-4)18(23-5)12-16(15)24-13-14-9-7-6-8-10-14;/h6-12,19H,13,21H2,1-5H3;1H/t19-;/m0./s1. The van der Waals surface area contributed by atoms with Crippen molar-refractivity contribution < 1.29 is 14.2 Å². The van der Waals surface area contributed by atoms with Gasteiger partial charge in [0, 0.05) is 17.7 Å². The van der Waals surface area contributed by atoms with Gasteiger partial charge in [0.25, 0.3) is 0 Å². The fourth-order valence-electron chi connectivity index (χ4n) is 2.45. The average Bonchev–Trinajstić information content (AvgIpc) is 2.58. The third-order valence-corrected chi connectivity index (χ3v) is 4.02. The molecule has 0 saturated carbocycles. The van der Waals surface area contributed by atoms with Crippen LogP contribution in [-0.2, 0) is 6.61 Å². The molecule has 0 aromatic heterocycles. The molecule has 25 heavy (non-hydrogen) atoms. The van der Waals surface area contributed by atoms with Gasteiger partial charge in [-0.3, -0.25) is 0 Å². The van der Waals surface area contributed by atoms with Crippen LogP contribution in [0.15, 0.2) is 42.5 Å². The molecule has 5 heteroatoms. The summed E-state index contributed by atoms with van der Waals surface area (Å²) in [5.41, 5.74) is 8.39. The topological polar surface area (TPSA) is 53.7 Å². The van der Waals surface area contributed by atoms with Crippen molar-refractivity contribution in [1.82, 2.24) is 0 Å². The molecule has 2 N–H and O–H groups in total. The highest BCUT2D eigenvalue weighted by Gasteiger charge is 2.27. The second kappa shape index (κ2) is 8.97. The van der Waals surface area contributed by atoms with E-state index < -0.39 is 0 Å². The molecule has 138 valence electrons. The molecule has 0 unspecified atom stereocenters.